The van der Waals surface area contributed by atoms with Crippen LogP contribution in [0.3, 0.4) is 0 Å². The van der Waals surface area contributed by atoms with Gasteiger partial charge >= 0.3 is 0 Å². The lowest BCUT2D eigenvalue weighted by Gasteiger charge is -2.37. The average molecular weight is 534 g/mol. The molecular weight excluding hydrogens is 500 g/mol. The number of nitrogens with one attached hydrogen (secondary N) is 2. The van der Waals surface area contributed by atoms with Crippen molar-refractivity contribution in [2.45, 2.75) is 32.5 Å². The molecule has 39 heavy (non-hydrogen) atoms. The lowest BCUT2D eigenvalue weighted by Crippen LogP contribution is -2.54. The second-order valence-electron chi connectivity index (χ2n) is 10.5. The van der Waals surface area contributed by atoms with Crippen LogP contribution in [0.4, 0.5) is 26.1 Å². The van der Waals surface area contributed by atoms with Crippen LogP contribution in [0.25, 0.3) is 16.7 Å². The highest BCUT2D eigenvalue weighted by Gasteiger charge is 2.21. The Balaban J connectivity index is 1.21. The van der Waals surface area contributed by atoms with E-state index >= 15 is 8.78 Å². The number of fused-ring (bicyclic) bond motifs is 1. The van der Waals surface area contributed by atoms with Gasteiger partial charge in [0, 0.05) is 79.5 Å². The summed E-state index contributed by atoms with van der Waals surface area (Å²) in [6.45, 7) is 9.01. The molecule has 2 aliphatic heterocycles. The summed E-state index contributed by atoms with van der Waals surface area (Å²) in [5.41, 5.74) is 3.04. The minimum atomic E-state index is -0.570. The van der Waals surface area contributed by atoms with E-state index in [9.17, 15) is 0 Å². The van der Waals surface area contributed by atoms with Gasteiger partial charge in [-0.25, -0.2) is 13.8 Å². The van der Waals surface area contributed by atoms with Crippen molar-refractivity contribution in [2.75, 3.05) is 49.6 Å². The van der Waals surface area contributed by atoms with Crippen molar-refractivity contribution in [3.8, 4) is 5.69 Å². The summed E-state index contributed by atoms with van der Waals surface area (Å²) in [5, 5.41) is 7.59. The molecule has 6 rings (SSSR count). The Bertz CT molecular complexity index is 1420. The minimum Gasteiger partial charge on any atom is -0.379 e. The van der Waals surface area contributed by atoms with E-state index in [4.69, 9.17) is 4.74 Å². The fraction of sp³-hybridized carbons (Fsp3) is 0.379. The average Bonchev–Trinajstić information content (AvgIpc) is 3.34. The van der Waals surface area contributed by atoms with Gasteiger partial charge in [0.25, 0.3) is 0 Å². The van der Waals surface area contributed by atoms with Crippen LogP contribution >= 0.6 is 0 Å². The van der Waals surface area contributed by atoms with Crippen LogP contribution in [-0.2, 0) is 11.3 Å². The summed E-state index contributed by atoms with van der Waals surface area (Å²) in [6, 6.07) is 13.6. The molecule has 0 aliphatic carbocycles. The normalized spacial score (nSPS) is 20.5. The molecule has 8 nitrogen and oxygen atoms in total. The van der Waals surface area contributed by atoms with Gasteiger partial charge < -0.3 is 24.8 Å². The van der Waals surface area contributed by atoms with E-state index in [1.807, 2.05) is 23.1 Å². The van der Waals surface area contributed by atoms with Gasteiger partial charge in [0.05, 0.1) is 18.9 Å². The molecule has 10 heteroatoms. The maximum Gasteiger partial charge on any atom is 0.229 e. The number of benzene rings is 2. The molecule has 0 amide bonds. The number of morpholine rings is 1. The van der Waals surface area contributed by atoms with E-state index in [2.05, 4.69) is 51.5 Å². The summed E-state index contributed by atoms with van der Waals surface area (Å²) in [6.07, 6.45) is 3.46. The fourth-order valence-electron chi connectivity index (χ4n) is 5.47. The molecule has 4 aromatic rings. The number of aromatic nitrogens is 3. The van der Waals surface area contributed by atoms with Crippen LogP contribution in [-0.4, -0.2) is 70.9 Å². The van der Waals surface area contributed by atoms with Crippen molar-refractivity contribution in [1.82, 2.24) is 24.8 Å². The number of anilines is 3. The zero-order chi connectivity index (χ0) is 26.9. The number of ether oxygens (including phenoxy) is 1. The topological polar surface area (TPSA) is 70.5 Å². The van der Waals surface area contributed by atoms with E-state index in [0.29, 0.717) is 55.7 Å². The second kappa shape index (κ2) is 10.9. The molecule has 0 bridgehead atoms. The minimum absolute atomic E-state index is 0.0715. The second-order valence-corrected chi connectivity index (χ2v) is 10.5. The third kappa shape index (κ3) is 5.59. The molecule has 2 atom stereocenters. The maximum atomic E-state index is 15.1. The molecule has 2 fully saturated rings. The van der Waals surface area contributed by atoms with E-state index in [0.717, 1.165) is 24.2 Å². The number of rotatable bonds is 6. The number of nitrogens with zero attached hydrogens (tertiary/aromatic N) is 5. The van der Waals surface area contributed by atoms with E-state index in [1.54, 1.807) is 17.0 Å². The quantitative estimate of drug-likeness (QED) is 0.379. The van der Waals surface area contributed by atoms with E-state index in [1.165, 1.54) is 17.8 Å². The summed E-state index contributed by atoms with van der Waals surface area (Å²) >= 11 is 0. The Morgan fingerprint density at radius 3 is 2.36 bits per heavy atom. The van der Waals surface area contributed by atoms with E-state index in [-0.39, 0.29) is 12.1 Å². The molecule has 2 saturated heterocycles. The van der Waals surface area contributed by atoms with Crippen molar-refractivity contribution < 1.29 is 13.5 Å². The molecule has 2 unspecified atom stereocenters. The first kappa shape index (κ1) is 25.7. The van der Waals surface area contributed by atoms with Crippen LogP contribution in [0.1, 0.15) is 19.4 Å². The summed E-state index contributed by atoms with van der Waals surface area (Å²) in [7, 11) is 0. The Hall–Kier alpha value is -3.60. The third-order valence-electron chi connectivity index (χ3n) is 7.36. The highest BCUT2D eigenvalue weighted by molar-refractivity contribution is 5.79. The Morgan fingerprint density at radius 2 is 1.67 bits per heavy atom. The number of halogens is 2. The SMILES string of the molecule is CC1CN(c2ccc(Nc3ncc4ccn(-c5cc(F)c(CN6CCOCC6)c(F)c5)c4n3)cc2)CC(C)N1. The largest absolute Gasteiger partial charge is 0.379 e. The van der Waals surface area contributed by atoms with Gasteiger partial charge in [-0.1, -0.05) is 0 Å². The van der Waals surface area contributed by atoms with Gasteiger partial charge in [0.2, 0.25) is 5.95 Å². The van der Waals surface area contributed by atoms with Gasteiger partial charge in [0.1, 0.15) is 17.3 Å². The molecule has 0 radical (unpaired) electrons. The van der Waals surface area contributed by atoms with Crippen molar-refractivity contribution in [1.29, 1.82) is 0 Å². The molecule has 2 aromatic heterocycles. The maximum absolute atomic E-state index is 15.1. The highest BCUT2D eigenvalue weighted by atomic mass is 19.1. The molecule has 204 valence electrons. The summed E-state index contributed by atoms with van der Waals surface area (Å²) in [4.78, 5) is 13.5. The van der Waals surface area contributed by atoms with Crippen molar-refractivity contribution in [3.63, 3.8) is 0 Å². The third-order valence-corrected chi connectivity index (χ3v) is 7.36. The predicted octanol–water partition coefficient (Wildman–Crippen LogP) is 4.46. The lowest BCUT2D eigenvalue weighted by molar-refractivity contribution is 0.0332. The molecule has 0 spiro atoms. The van der Waals surface area contributed by atoms with Gasteiger partial charge in [-0.05, 0) is 56.3 Å². The van der Waals surface area contributed by atoms with Crippen molar-refractivity contribution in [2.24, 2.45) is 0 Å². The van der Waals surface area contributed by atoms with Crippen LogP contribution in [0.5, 0.6) is 0 Å². The number of piperazine rings is 1. The van der Waals surface area contributed by atoms with Crippen molar-refractivity contribution >= 4 is 28.4 Å². The fourth-order valence-corrected chi connectivity index (χ4v) is 5.47. The monoisotopic (exact) mass is 533 g/mol. The lowest BCUT2D eigenvalue weighted by atomic mass is 10.1. The van der Waals surface area contributed by atoms with Gasteiger partial charge in [-0.2, -0.15) is 4.98 Å². The summed E-state index contributed by atoms with van der Waals surface area (Å²) in [5.74, 6) is -0.734. The number of hydrogen-bond acceptors (Lipinski definition) is 7. The predicted molar refractivity (Wildman–Crippen MR) is 149 cm³/mol. The van der Waals surface area contributed by atoms with Crippen LogP contribution in [0.2, 0.25) is 0 Å². The first-order chi connectivity index (χ1) is 18.9. The van der Waals surface area contributed by atoms with Gasteiger partial charge in [-0.15, -0.1) is 0 Å². The standard InChI is InChI=1S/C29H33F2N7O/c1-19-16-37(17-20(2)33-19)23-5-3-22(4-6-23)34-29-32-15-21-7-8-38(28(21)35-29)24-13-26(30)25(27(31)14-24)18-36-9-11-39-12-10-36/h3-8,13-15,19-20,33H,9-12,16-18H2,1-2H3,(H,32,34,35). The smallest absolute Gasteiger partial charge is 0.229 e. The zero-order valence-corrected chi connectivity index (χ0v) is 22.2. The summed E-state index contributed by atoms with van der Waals surface area (Å²) < 4.78 is 37.2. The molecule has 0 saturated carbocycles. The zero-order valence-electron chi connectivity index (χ0n) is 22.2. The molecule has 2 aromatic carbocycles. The van der Waals surface area contributed by atoms with Gasteiger partial charge in [-0.3, -0.25) is 4.90 Å². The first-order valence-electron chi connectivity index (χ1n) is 13.4. The van der Waals surface area contributed by atoms with Crippen molar-refractivity contribution in [3.05, 3.63) is 72.1 Å². The first-order valence-corrected chi connectivity index (χ1v) is 13.4. The molecule has 2 aliphatic rings. The molecule has 2 N–H and O–H groups in total. The number of hydrogen-bond donors (Lipinski definition) is 2. The van der Waals surface area contributed by atoms with E-state index < -0.39 is 11.6 Å². The highest BCUT2D eigenvalue weighted by Crippen LogP contribution is 2.26. The Kier molecular flexibility index (Phi) is 7.16. The van der Waals surface area contributed by atoms with Crippen LogP contribution in [0.15, 0.2) is 54.9 Å². The molecule has 4 heterocycles. The Labute approximate surface area is 226 Å². The van der Waals surface area contributed by atoms with Crippen LogP contribution in [0, 0.1) is 11.6 Å². The molecular formula is C29H33F2N7O. The van der Waals surface area contributed by atoms with Gasteiger partial charge in [0.15, 0.2) is 0 Å². The van der Waals surface area contributed by atoms with Crippen LogP contribution < -0.4 is 15.5 Å². The Morgan fingerprint density at radius 1 is 0.974 bits per heavy atom.